The van der Waals surface area contributed by atoms with Crippen molar-refractivity contribution in [1.82, 2.24) is 9.55 Å². The van der Waals surface area contributed by atoms with Gasteiger partial charge in [-0.2, -0.15) is 0 Å². The molecule has 4 aromatic carbocycles. The molecule has 0 unspecified atom stereocenters. The minimum atomic E-state index is -5.16. The second kappa shape index (κ2) is 13.4. The van der Waals surface area contributed by atoms with Crippen LogP contribution in [0.1, 0.15) is 29.8 Å². The summed E-state index contributed by atoms with van der Waals surface area (Å²) in [5, 5.41) is -0.341. The Bertz CT molecular complexity index is 2130. The molecule has 2 fully saturated rings. The van der Waals surface area contributed by atoms with Gasteiger partial charge in [-0.25, -0.2) is 0 Å². The molecule has 4 heterocycles. The van der Waals surface area contributed by atoms with E-state index in [-0.39, 0.29) is 44.8 Å². The standard InChI is InChI=1S/C36H29Cl4N2O9P/c1-2-46-52(49-31-28(39)26(37)27(38)29(40)32(31)50-52)48-30-24(47-34(33(30)51-52)42-19-18-25(43)41-35(42)44)20-45-36(21-12-6-3-7-13-21,22-14-8-4-9-15-22)23-16-10-5-11-17-23/h3-19,24,30,33-34H,2,20H2,1H3,(H,41,43,44)/t24-,30-,33-,34-/m1/s1. The molecule has 52 heavy (non-hydrogen) atoms. The number of nitrogens with zero attached hydrogens (tertiary/aromatic N) is 1. The van der Waals surface area contributed by atoms with Crippen LogP contribution in [0.2, 0.25) is 20.1 Å². The number of benzene rings is 4. The average molecular weight is 806 g/mol. The minimum absolute atomic E-state index is 0.00756. The van der Waals surface area contributed by atoms with Gasteiger partial charge in [-0.15, -0.1) is 0 Å². The summed E-state index contributed by atoms with van der Waals surface area (Å²) in [6, 6.07) is 30.6. The van der Waals surface area contributed by atoms with Crippen LogP contribution < -0.4 is 20.3 Å². The molecule has 1 N–H and O–H groups in total. The van der Waals surface area contributed by atoms with Crippen molar-refractivity contribution >= 4 is 54.1 Å². The zero-order valence-electron chi connectivity index (χ0n) is 27.1. The first-order valence-corrected chi connectivity index (χ1v) is 19.5. The molecule has 8 rings (SSSR count). The number of ether oxygens (including phenoxy) is 2. The summed E-state index contributed by atoms with van der Waals surface area (Å²) in [4.78, 5) is 27.5. The molecule has 0 bridgehead atoms. The second-order valence-electron chi connectivity index (χ2n) is 12.1. The Morgan fingerprint density at radius 1 is 0.731 bits per heavy atom. The van der Waals surface area contributed by atoms with E-state index >= 15 is 0 Å². The summed E-state index contributed by atoms with van der Waals surface area (Å²) in [5.74, 6) is -0.176. The van der Waals surface area contributed by atoms with E-state index in [1.54, 1.807) is 6.92 Å². The van der Waals surface area contributed by atoms with E-state index in [1.807, 2.05) is 91.0 Å². The monoisotopic (exact) mass is 804 g/mol. The Labute approximate surface area is 317 Å². The number of H-pyrrole nitrogens is 1. The number of fused-ring (bicyclic) bond motifs is 2. The first kappa shape index (κ1) is 35.6. The third kappa shape index (κ3) is 5.67. The molecule has 0 saturated carbocycles. The maximum atomic E-state index is 13.2. The molecule has 5 aromatic rings. The zero-order chi connectivity index (χ0) is 36.3. The van der Waals surface area contributed by atoms with Crippen molar-refractivity contribution < 1.29 is 32.1 Å². The molecule has 4 atom stereocenters. The van der Waals surface area contributed by atoms with Crippen LogP contribution in [-0.4, -0.2) is 41.1 Å². The molecule has 270 valence electrons. The van der Waals surface area contributed by atoms with Gasteiger partial charge in [-0.05, 0) is 0 Å². The van der Waals surface area contributed by atoms with Crippen LogP contribution in [0.15, 0.2) is 113 Å². The molecular weight excluding hydrogens is 777 g/mol. The Hall–Kier alpha value is -3.45. The fourth-order valence-corrected chi connectivity index (χ4v) is 10.9. The molecule has 3 aliphatic heterocycles. The van der Waals surface area contributed by atoms with Gasteiger partial charge < -0.3 is 0 Å². The zero-order valence-corrected chi connectivity index (χ0v) is 31.0. The van der Waals surface area contributed by atoms with Crippen LogP contribution in [0.25, 0.3) is 0 Å². The fraction of sp³-hybridized carbons (Fsp3) is 0.222. The van der Waals surface area contributed by atoms with Crippen molar-refractivity contribution in [3.8, 4) is 11.5 Å². The van der Waals surface area contributed by atoms with Crippen molar-refractivity contribution in [2.24, 2.45) is 0 Å². The van der Waals surface area contributed by atoms with Gasteiger partial charge in [0.05, 0.1) is 0 Å². The SMILES string of the molecule is CCOP12(Oc3c(Cl)c(Cl)c(Cl)c(Cl)c3O1)O[C@@H]1[C@H](O2)[C@@H](COC(c2ccccc2)(c2ccccc2)c2ccccc2)O[C@H]1n1ccc(=O)[nH]c1=O. The molecule has 11 nitrogen and oxygen atoms in total. The summed E-state index contributed by atoms with van der Waals surface area (Å²) >= 11 is 25.9. The van der Waals surface area contributed by atoms with E-state index < -0.39 is 49.1 Å². The Morgan fingerprint density at radius 3 is 1.71 bits per heavy atom. The second-order valence-corrected chi connectivity index (χ2v) is 16.1. The summed E-state index contributed by atoms with van der Waals surface area (Å²) in [7, 11) is -5.16. The summed E-state index contributed by atoms with van der Waals surface area (Å²) in [5.41, 5.74) is 0.0843. The fourth-order valence-electron chi connectivity index (χ4n) is 6.81. The Kier molecular flexibility index (Phi) is 9.20. The molecule has 0 radical (unpaired) electrons. The van der Waals surface area contributed by atoms with Crippen molar-refractivity contribution in [3.63, 3.8) is 0 Å². The van der Waals surface area contributed by atoms with Crippen molar-refractivity contribution in [3.05, 3.63) is 161 Å². The summed E-state index contributed by atoms with van der Waals surface area (Å²) < 4.78 is 47.0. The molecule has 0 aliphatic carbocycles. The van der Waals surface area contributed by atoms with Gasteiger partial charge in [-0.1, -0.05) is 0 Å². The number of aromatic amines is 1. The predicted octanol–water partition coefficient (Wildman–Crippen LogP) is 8.48. The van der Waals surface area contributed by atoms with Gasteiger partial charge in [0.15, 0.2) is 0 Å². The van der Waals surface area contributed by atoms with Crippen LogP contribution in [0, 0.1) is 0 Å². The molecule has 2 saturated heterocycles. The number of hydrogen-bond acceptors (Lipinski definition) is 9. The van der Waals surface area contributed by atoms with Gasteiger partial charge in [-0.3, -0.25) is 0 Å². The van der Waals surface area contributed by atoms with Crippen molar-refractivity contribution in [2.45, 2.75) is 37.1 Å². The van der Waals surface area contributed by atoms with Gasteiger partial charge in [0.1, 0.15) is 0 Å². The van der Waals surface area contributed by atoms with E-state index in [4.69, 9.17) is 78.5 Å². The Morgan fingerprint density at radius 2 is 1.23 bits per heavy atom. The first-order chi connectivity index (χ1) is 25.1. The number of halogens is 4. The van der Waals surface area contributed by atoms with E-state index in [9.17, 15) is 9.59 Å². The molecular formula is C36H29Cl4N2O9P. The third-order valence-electron chi connectivity index (χ3n) is 9.01. The van der Waals surface area contributed by atoms with Gasteiger partial charge in [0, 0.05) is 0 Å². The third-order valence-corrected chi connectivity index (χ3v) is 13.6. The van der Waals surface area contributed by atoms with E-state index in [0.29, 0.717) is 0 Å². The number of hydrogen-bond donors (Lipinski definition) is 1. The van der Waals surface area contributed by atoms with E-state index in [0.717, 1.165) is 16.7 Å². The van der Waals surface area contributed by atoms with Crippen LogP contribution in [0.4, 0.5) is 0 Å². The molecule has 3 aliphatic rings. The Balaban J connectivity index is 1.24. The van der Waals surface area contributed by atoms with Crippen LogP contribution >= 0.6 is 54.1 Å². The normalized spacial score (nSPS) is 23.3. The summed E-state index contributed by atoms with van der Waals surface area (Å²) in [6.45, 7) is 1.57. The van der Waals surface area contributed by atoms with Crippen LogP contribution in [0.3, 0.4) is 0 Å². The van der Waals surface area contributed by atoms with Crippen molar-refractivity contribution in [2.75, 3.05) is 13.2 Å². The number of rotatable bonds is 9. The van der Waals surface area contributed by atoms with E-state index in [1.165, 1.54) is 16.8 Å². The van der Waals surface area contributed by atoms with Gasteiger partial charge in [0.2, 0.25) is 0 Å². The molecule has 1 aromatic heterocycles. The average Bonchev–Trinajstić information content (AvgIpc) is 3.79. The molecule has 0 amide bonds. The number of aromatic nitrogens is 2. The predicted molar refractivity (Wildman–Crippen MR) is 196 cm³/mol. The maximum absolute atomic E-state index is 13.2. The van der Waals surface area contributed by atoms with Crippen molar-refractivity contribution in [1.29, 1.82) is 0 Å². The van der Waals surface area contributed by atoms with Crippen LogP contribution in [0.5, 0.6) is 11.5 Å². The molecule has 1 spiro atoms. The summed E-state index contributed by atoms with van der Waals surface area (Å²) in [6.07, 6.45) is -2.97. The van der Waals surface area contributed by atoms with Crippen LogP contribution in [-0.2, 0) is 28.6 Å². The first-order valence-electron chi connectivity index (χ1n) is 16.2. The quantitative estimate of drug-likeness (QED) is 0.0677. The van der Waals surface area contributed by atoms with Gasteiger partial charge in [0.25, 0.3) is 0 Å². The topological polar surface area (TPSA) is 119 Å². The van der Waals surface area contributed by atoms with E-state index in [2.05, 4.69) is 4.98 Å². The number of nitrogens with one attached hydrogen (secondary N) is 1. The van der Waals surface area contributed by atoms with Gasteiger partial charge >= 0.3 is 318 Å². The molecule has 16 heteroatoms.